The number of fused-ring (bicyclic) bond motifs is 5. The van der Waals surface area contributed by atoms with E-state index in [1.54, 1.807) is 13.0 Å². The molecule has 3 N–H and O–H groups in total. The van der Waals surface area contributed by atoms with E-state index in [0.717, 1.165) is 16.5 Å². The van der Waals surface area contributed by atoms with E-state index in [4.69, 9.17) is 14.5 Å². The molecule has 0 radical (unpaired) electrons. The van der Waals surface area contributed by atoms with E-state index >= 15 is 0 Å². The second-order valence-electron chi connectivity index (χ2n) is 7.83. The number of carbonyl (C=O) groups is 1. The Morgan fingerprint density at radius 1 is 1.28 bits per heavy atom. The molecule has 3 aromatic rings. The fourth-order valence-electron chi connectivity index (χ4n) is 4.35. The quantitative estimate of drug-likeness (QED) is 0.307. The summed E-state index contributed by atoms with van der Waals surface area (Å²) in [5.41, 5.74) is -0.0880. The Morgan fingerprint density at radius 2 is 2.03 bits per heavy atom. The van der Waals surface area contributed by atoms with Crippen LogP contribution in [0.4, 0.5) is 0 Å². The molecule has 0 fully saturated rings. The Morgan fingerprint density at radius 3 is 2.75 bits per heavy atom. The summed E-state index contributed by atoms with van der Waals surface area (Å²) in [6, 6.07) is 11.0. The molecule has 10 nitrogen and oxygen atoms in total. The Kier molecular flexibility index (Phi) is 4.63. The molecule has 0 saturated heterocycles. The van der Waals surface area contributed by atoms with Crippen LogP contribution in [-0.4, -0.2) is 37.0 Å². The van der Waals surface area contributed by atoms with Crippen LogP contribution < -0.4 is 5.56 Å². The van der Waals surface area contributed by atoms with E-state index < -0.39 is 37.7 Å². The summed E-state index contributed by atoms with van der Waals surface area (Å²) in [5, 5.41) is 12.0. The van der Waals surface area contributed by atoms with Gasteiger partial charge in [0.05, 0.1) is 29.0 Å². The number of nitrogens with zero attached hydrogens (tertiary/aromatic N) is 2. The number of aliphatic hydroxyl groups is 1. The number of phosphoric acid groups is 1. The number of esters is 1. The first kappa shape index (κ1) is 21.0. The Hall–Kier alpha value is -2.88. The minimum Gasteiger partial charge on any atom is -0.452 e. The Balaban J connectivity index is 1.73. The number of hydrogen-bond donors (Lipinski definition) is 3. The number of benzene rings is 1. The first-order chi connectivity index (χ1) is 15.1. The molecule has 2 aliphatic heterocycles. The lowest BCUT2D eigenvalue weighted by Gasteiger charge is -2.36. The Labute approximate surface area is 181 Å². The first-order valence-electron chi connectivity index (χ1n) is 9.93. The van der Waals surface area contributed by atoms with Crippen LogP contribution in [0.5, 0.6) is 0 Å². The van der Waals surface area contributed by atoms with E-state index in [1.165, 1.54) is 4.57 Å². The molecule has 0 saturated carbocycles. The van der Waals surface area contributed by atoms with Gasteiger partial charge < -0.3 is 24.2 Å². The van der Waals surface area contributed by atoms with Crippen molar-refractivity contribution < 1.29 is 33.5 Å². The zero-order valence-corrected chi connectivity index (χ0v) is 17.8. The van der Waals surface area contributed by atoms with Gasteiger partial charge in [0.15, 0.2) is 11.7 Å². The van der Waals surface area contributed by atoms with Crippen molar-refractivity contribution in [2.24, 2.45) is 0 Å². The average molecular weight is 458 g/mol. The number of cyclic esters (lactones) is 1. The first-order valence-corrected chi connectivity index (χ1v) is 11.5. The molecule has 11 heteroatoms. The van der Waals surface area contributed by atoms with E-state index in [-0.39, 0.29) is 24.1 Å². The number of rotatable bonds is 4. The third-order valence-corrected chi connectivity index (χ3v) is 6.46. The number of aromatic nitrogens is 2. The lowest BCUT2D eigenvalue weighted by Crippen LogP contribution is -2.46. The molecule has 1 unspecified atom stereocenters. The normalized spacial score (nSPS) is 21.8. The van der Waals surface area contributed by atoms with E-state index in [2.05, 4.69) is 9.51 Å². The summed E-state index contributed by atoms with van der Waals surface area (Å²) < 4.78 is 22.4. The van der Waals surface area contributed by atoms with Crippen LogP contribution in [0.25, 0.3) is 22.3 Å². The standard InChI is InChI=1S/C21H19N2O8P/c1-2-21(26)13-8-15-18-12(7-11-5-3-4-6-14(11)22-18)9-23(15)19(24)17(13)16(31-20(21)25)10-30-32(27,28)29/h3-8,16,26H,2,9-10H2,1H3,(H2,27,28,29)/t16?,21-/m0/s1. The number of pyridine rings is 2. The zero-order valence-electron chi connectivity index (χ0n) is 16.9. The van der Waals surface area contributed by atoms with Crippen molar-refractivity contribution in [2.45, 2.75) is 31.6 Å². The predicted octanol–water partition coefficient (Wildman–Crippen LogP) is 1.73. The highest BCUT2D eigenvalue weighted by Gasteiger charge is 2.49. The molecule has 4 heterocycles. The summed E-state index contributed by atoms with van der Waals surface area (Å²) in [7, 11) is -4.88. The van der Waals surface area contributed by atoms with Crippen molar-refractivity contribution in [1.29, 1.82) is 0 Å². The van der Waals surface area contributed by atoms with Crippen LogP contribution in [-0.2, 0) is 30.8 Å². The van der Waals surface area contributed by atoms with Crippen molar-refractivity contribution in [1.82, 2.24) is 9.55 Å². The van der Waals surface area contributed by atoms with Crippen LogP contribution in [0.3, 0.4) is 0 Å². The van der Waals surface area contributed by atoms with Gasteiger partial charge in [-0.05, 0) is 24.6 Å². The van der Waals surface area contributed by atoms with Gasteiger partial charge in [-0.2, -0.15) is 0 Å². The maximum absolute atomic E-state index is 13.5. The minimum atomic E-state index is -4.88. The number of hydrogen-bond acceptors (Lipinski definition) is 7. The maximum atomic E-state index is 13.5. The number of ether oxygens (including phenoxy) is 1. The highest BCUT2D eigenvalue weighted by molar-refractivity contribution is 7.46. The van der Waals surface area contributed by atoms with Gasteiger partial charge in [0.2, 0.25) is 0 Å². The van der Waals surface area contributed by atoms with Crippen LogP contribution in [0.1, 0.15) is 36.1 Å². The molecule has 0 amide bonds. The summed E-state index contributed by atoms with van der Waals surface area (Å²) in [6.07, 6.45) is -1.44. The monoisotopic (exact) mass is 458 g/mol. The molecule has 2 atom stereocenters. The summed E-state index contributed by atoms with van der Waals surface area (Å²) in [5.74, 6) is -1.01. The third-order valence-electron chi connectivity index (χ3n) is 5.97. The molecule has 2 aromatic heterocycles. The lowest BCUT2D eigenvalue weighted by atomic mass is 9.83. The largest absolute Gasteiger partial charge is 0.469 e. The molecule has 0 bridgehead atoms. The number of phosphoric ester groups is 1. The topological polar surface area (TPSA) is 148 Å². The van der Waals surface area contributed by atoms with Crippen molar-refractivity contribution in [3.8, 4) is 11.4 Å². The van der Waals surface area contributed by atoms with Crippen LogP contribution >= 0.6 is 7.82 Å². The second kappa shape index (κ2) is 7.06. The highest BCUT2D eigenvalue weighted by Crippen LogP contribution is 2.44. The molecule has 1 aromatic carbocycles. The SMILES string of the molecule is CC[C@@]1(O)C(=O)OC(COP(=O)(O)O)c2c1cc1n(c2=O)Cc2cc3ccccc3nc2-1. The molecule has 0 aliphatic carbocycles. The van der Waals surface area contributed by atoms with Crippen LogP contribution in [0.2, 0.25) is 0 Å². The molecular weight excluding hydrogens is 439 g/mol. The van der Waals surface area contributed by atoms with Crippen LogP contribution in [0, 0.1) is 0 Å². The molecule has 166 valence electrons. The summed E-state index contributed by atoms with van der Waals surface area (Å²) in [6.45, 7) is 1.06. The molecule has 0 spiro atoms. The average Bonchev–Trinajstić information content (AvgIpc) is 3.11. The molecule has 5 rings (SSSR count). The van der Waals surface area contributed by atoms with E-state index in [1.807, 2.05) is 30.3 Å². The van der Waals surface area contributed by atoms with Crippen molar-refractivity contribution in [2.75, 3.05) is 6.61 Å². The van der Waals surface area contributed by atoms with Crippen molar-refractivity contribution in [3.63, 3.8) is 0 Å². The molecule has 2 aliphatic rings. The van der Waals surface area contributed by atoms with Gasteiger partial charge in [0.1, 0.15) is 6.61 Å². The fourth-order valence-corrected chi connectivity index (χ4v) is 4.68. The van der Waals surface area contributed by atoms with Gasteiger partial charge in [-0.25, -0.2) is 14.3 Å². The second-order valence-corrected chi connectivity index (χ2v) is 9.07. The minimum absolute atomic E-state index is 0.0367. The van der Waals surface area contributed by atoms with Crippen molar-refractivity contribution >= 4 is 24.7 Å². The van der Waals surface area contributed by atoms with Gasteiger partial charge >= 0.3 is 13.8 Å². The number of para-hydroxylation sites is 1. The fraction of sp³-hybridized carbons (Fsp3) is 0.286. The molecular formula is C21H19N2O8P. The lowest BCUT2D eigenvalue weighted by molar-refractivity contribution is -0.180. The van der Waals surface area contributed by atoms with Gasteiger partial charge in [-0.1, -0.05) is 25.1 Å². The summed E-state index contributed by atoms with van der Waals surface area (Å²) >= 11 is 0. The zero-order chi connectivity index (χ0) is 22.8. The van der Waals surface area contributed by atoms with Gasteiger partial charge in [0, 0.05) is 16.5 Å². The van der Waals surface area contributed by atoms with Crippen molar-refractivity contribution in [3.05, 3.63) is 63.4 Å². The van der Waals surface area contributed by atoms with Crippen LogP contribution in [0.15, 0.2) is 41.2 Å². The smallest absolute Gasteiger partial charge is 0.452 e. The van der Waals surface area contributed by atoms with Gasteiger partial charge in [0.25, 0.3) is 5.56 Å². The van der Waals surface area contributed by atoms with E-state index in [9.17, 15) is 19.3 Å². The summed E-state index contributed by atoms with van der Waals surface area (Å²) in [4.78, 5) is 48.9. The third kappa shape index (κ3) is 3.11. The van der Waals surface area contributed by atoms with Gasteiger partial charge in [-0.3, -0.25) is 9.32 Å². The highest BCUT2D eigenvalue weighted by atomic mass is 31.2. The Bertz CT molecular complexity index is 1390. The predicted molar refractivity (Wildman–Crippen MR) is 112 cm³/mol. The molecule has 32 heavy (non-hydrogen) atoms. The van der Waals surface area contributed by atoms with E-state index in [0.29, 0.717) is 11.4 Å². The maximum Gasteiger partial charge on any atom is 0.469 e. The number of carbonyl (C=O) groups excluding carboxylic acids is 1. The van der Waals surface area contributed by atoms with Gasteiger partial charge in [-0.15, -0.1) is 0 Å².